The van der Waals surface area contributed by atoms with Gasteiger partial charge in [-0.25, -0.2) is 0 Å². The van der Waals surface area contributed by atoms with Gasteiger partial charge in [-0.3, -0.25) is 4.79 Å². The Kier molecular flexibility index (Phi) is 4.98. The van der Waals surface area contributed by atoms with Gasteiger partial charge in [0.15, 0.2) is 0 Å². The van der Waals surface area contributed by atoms with Gasteiger partial charge in [-0.2, -0.15) is 0 Å². The molecule has 0 atom stereocenters. The highest BCUT2D eigenvalue weighted by Crippen LogP contribution is 2.40. The predicted molar refractivity (Wildman–Crippen MR) is 77.8 cm³/mol. The fourth-order valence-electron chi connectivity index (χ4n) is 2.27. The first-order valence-corrected chi connectivity index (χ1v) is 6.93. The van der Waals surface area contributed by atoms with E-state index in [-0.39, 0.29) is 11.3 Å². The lowest BCUT2D eigenvalue weighted by Gasteiger charge is -2.39. The number of hydrogen-bond donors (Lipinski definition) is 2. The summed E-state index contributed by atoms with van der Waals surface area (Å²) in [7, 11) is 1.63. The van der Waals surface area contributed by atoms with Gasteiger partial charge in [-0.15, -0.1) is 0 Å². The fourth-order valence-corrected chi connectivity index (χ4v) is 2.27. The fraction of sp³-hybridized carbons (Fsp3) is 0.533. The van der Waals surface area contributed by atoms with Crippen LogP contribution < -0.4 is 15.8 Å². The molecule has 1 aromatic carbocycles. The average molecular weight is 278 g/mol. The number of carbonyl (C=O) groups is 1. The molecule has 0 radical (unpaired) electrons. The molecule has 1 aromatic rings. The summed E-state index contributed by atoms with van der Waals surface area (Å²) in [5.74, 6) is 0.788. The third-order valence-corrected chi connectivity index (χ3v) is 3.85. The Hall–Kier alpha value is -1.59. The van der Waals surface area contributed by atoms with Gasteiger partial charge in [0.2, 0.25) is 5.91 Å². The van der Waals surface area contributed by atoms with E-state index in [1.54, 1.807) is 7.11 Å². The first-order chi connectivity index (χ1) is 9.70. The zero-order valence-electron chi connectivity index (χ0n) is 11.9. The van der Waals surface area contributed by atoms with Crippen LogP contribution in [0.2, 0.25) is 0 Å². The number of methoxy groups -OCH3 is 1. The van der Waals surface area contributed by atoms with Gasteiger partial charge in [0.05, 0.1) is 12.0 Å². The maximum absolute atomic E-state index is 12.2. The minimum Gasteiger partial charge on any atom is -0.491 e. The highest BCUT2D eigenvalue weighted by molar-refractivity contribution is 5.96. The Morgan fingerprint density at radius 3 is 2.50 bits per heavy atom. The lowest BCUT2D eigenvalue weighted by atomic mass is 9.68. The summed E-state index contributed by atoms with van der Waals surface area (Å²) in [6.45, 7) is 1.48. The number of hydrogen-bond acceptors (Lipinski definition) is 4. The van der Waals surface area contributed by atoms with E-state index in [0.717, 1.165) is 30.7 Å². The van der Waals surface area contributed by atoms with Crippen molar-refractivity contribution in [2.24, 2.45) is 11.1 Å². The molecule has 0 aliphatic heterocycles. The van der Waals surface area contributed by atoms with Crippen LogP contribution in [0.15, 0.2) is 24.3 Å². The minimum absolute atomic E-state index is 0.0271. The number of anilines is 1. The number of nitrogens with one attached hydrogen (secondary N) is 1. The van der Waals surface area contributed by atoms with Crippen molar-refractivity contribution in [1.29, 1.82) is 0 Å². The number of benzene rings is 1. The second kappa shape index (κ2) is 6.72. The molecule has 3 N–H and O–H groups in total. The molecule has 1 amide bonds. The monoisotopic (exact) mass is 278 g/mol. The standard InChI is InChI=1S/C15H22N2O3/c1-19-9-10-20-13-5-3-12(4-6-13)17-14(18)15(11-16)7-2-8-15/h3-6H,2,7-11,16H2,1H3,(H,17,18). The van der Waals surface area contributed by atoms with Gasteiger partial charge in [0.25, 0.3) is 0 Å². The summed E-state index contributed by atoms with van der Waals surface area (Å²) in [5.41, 5.74) is 6.14. The third-order valence-electron chi connectivity index (χ3n) is 3.85. The molecule has 1 aliphatic rings. The lowest BCUT2D eigenvalue weighted by Crippen LogP contribution is -2.47. The molecule has 0 aromatic heterocycles. The van der Waals surface area contributed by atoms with Crippen molar-refractivity contribution in [3.63, 3.8) is 0 Å². The molecule has 5 heteroatoms. The number of nitrogens with two attached hydrogens (primary N) is 1. The van der Waals surface area contributed by atoms with Crippen LogP contribution >= 0.6 is 0 Å². The first kappa shape index (κ1) is 14.8. The predicted octanol–water partition coefficient (Wildman–Crippen LogP) is 1.78. The van der Waals surface area contributed by atoms with Crippen LogP contribution in [0.25, 0.3) is 0 Å². The van der Waals surface area contributed by atoms with Crippen LogP contribution in [0.4, 0.5) is 5.69 Å². The normalized spacial score (nSPS) is 16.3. The highest BCUT2D eigenvalue weighted by Gasteiger charge is 2.42. The van der Waals surface area contributed by atoms with Crippen molar-refractivity contribution in [3.05, 3.63) is 24.3 Å². The molecule has 0 bridgehead atoms. The third kappa shape index (κ3) is 3.29. The molecule has 0 heterocycles. The zero-order valence-corrected chi connectivity index (χ0v) is 11.9. The molecule has 1 fully saturated rings. The van der Waals surface area contributed by atoms with Crippen LogP contribution in [0.1, 0.15) is 19.3 Å². The van der Waals surface area contributed by atoms with E-state index < -0.39 is 0 Å². The van der Waals surface area contributed by atoms with Crippen LogP contribution in [0.3, 0.4) is 0 Å². The van der Waals surface area contributed by atoms with Crippen molar-refractivity contribution < 1.29 is 14.3 Å². The van der Waals surface area contributed by atoms with Gasteiger partial charge in [-0.05, 0) is 37.1 Å². The Bertz CT molecular complexity index is 435. The number of ether oxygens (including phenoxy) is 2. The lowest BCUT2D eigenvalue weighted by molar-refractivity contribution is -0.129. The smallest absolute Gasteiger partial charge is 0.231 e. The van der Waals surface area contributed by atoms with Gasteiger partial charge in [-0.1, -0.05) is 6.42 Å². The summed E-state index contributed by atoms with van der Waals surface area (Å²) in [6, 6.07) is 7.34. The first-order valence-electron chi connectivity index (χ1n) is 6.93. The van der Waals surface area contributed by atoms with E-state index in [9.17, 15) is 4.79 Å². The largest absolute Gasteiger partial charge is 0.491 e. The number of rotatable bonds is 7. The summed E-state index contributed by atoms with van der Waals surface area (Å²) < 4.78 is 10.4. The summed E-state index contributed by atoms with van der Waals surface area (Å²) in [4.78, 5) is 12.2. The van der Waals surface area contributed by atoms with E-state index in [4.69, 9.17) is 15.2 Å². The van der Waals surface area contributed by atoms with Crippen LogP contribution in [0.5, 0.6) is 5.75 Å². The topological polar surface area (TPSA) is 73.6 Å². The van der Waals surface area contributed by atoms with Crippen molar-refractivity contribution in [3.8, 4) is 5.75 Å². The second-order valence-electron chi connectivity index (χ2n) is 5.16. The van der Waals surface area contributed by atoms with Gasteiger partial charge >= 0.3 is 0 Å². The molecule has 0 spiro atoms. The molecular weight excluding hydrogens is 256 g/mol. The average Bonchev–Trinajstić information content (AvgIpc) is 2.40. The SMILES string of the molecule is COCCOc1ccc(NC(=O)C2(CN)CCC2)cc1. The van der Waals surface area contributed by atoms with Crippen LogP contribution in [-0.4, -0.2) is 32.8 Å². The van der Waals surface area contributed by atoms with Crippen molar-refractivity contribution >= 4 is 11.6 Å². The molecule has 1 saturated carbocycles. The molecule has 0 unspecified atom stereocenters. The second-order valence-corrected chi connectivity index (χ2v) is 5.16. The van der Waals surface area contributed by atoms with Crippen LogP contribution in [0, 0.1) is 5.41 Å². The number of amides is 1. The molecule has 1 aliphatic carbocycles. The summed E-state index contributed by atoms with van der Waals surface area (Å²) in [5, 5.41) is 2.93. The Morgan fingerprint density at radius 2 is 2.00 bits per heavy atom. The molecule has 110 valence electrons. The minimum atomic E-state index is -0.354. The van der Waals surface area contributed by atoms with E-state index in [0.29, 0.717) is 19.8 Å². The van der Waals surface area contributed by atoms with E-state index in [1.807, 2.05) is 24.3 Å². The summed E-state index contributed by atoms with van der Waals surface area (Å²) >= 11 is 0. The zero-order chi connectivity index (χ0) is 14.4. The van der Waals surface area contributed by atoms with Gasteiger partial charge in [0.1, 0.15) is 12.4 Å². The number of carbonyl (C=O) groups excluding carboxylic acids is 1. The maximum Gasteiger partial charge on any atom is 0.231 e. The van der Waals surface area contributed by atoms with Crippen molar-refractivity contribution in [1.82, 2.24) is 0 Å². The Labute approximate surface area is 119 Å². The van der Waals surface area contributed by atoms with Gasteiger partial charge in [0, 0.05) is 19.3 Å². The van der Waals surface area contributed by atoms with Crippen molar-refractivity contribution in [2.75, 3.05) is 32.2 Å². The summed E-state index contributed by atoms with van der Waals surface area (Å²) in [6.07, 6.45) is 2.85. The maximum atomic E-state index is 12.2. The van der Waals surface area contributed by atoms with E-state index >= 15 is 0 Å². The van der Waals surface area contributed by atoms with E-state index in [2.05, 4.69) is 5.32 Å². The molecule has 5 nitrogen and oxygen atoms in total. The molecule has 0 saturated heterocycles. The Morgan fingerprint density at radius 1 is 1.30 bits per heavy atom. The van der Waals surface area contributed by atoms with Crippen molar-refractivity contribution in [2.45, 2.75) is 19.3 Å². The van der Waals surface area contributed by atoms with Gasteiger partial charge < -0.3 is 20.5 Å². The molecular formula is C15H22N2O3. The van der Waals surface area contributed by atoms with Crippen LogP contribution in [-0.2, 0) is 9.53 Å². The van der Waals surface area contributed by atoms with E-state index in [1.165, 1.54) is 0 Å². The molecule has 20 heavy (non-hydrogen) atoms. The Balaban J connectivity index is 1.88. The molecule has 2 rings (SSSR count). The quantitative estimate of drug-likeness (QED) is 0.746. The highest BCUT2D eigenvalue weighted by atomic mass is 16.5.